The average Bonchev–Trinajstić information content (AvgIpc) is 2.57. The summed E-state index contributed by atoms with van der Waals surface area (Å²) in [7, 11) is 0. The average molecular weight is 282 g/mol. The van der Waals surface area contributed by atoms with Crippen molar-refractivity contribution in [1.29, 1.82) is 0 Å². The highest BCUT2D eigenvalue weighted by Crippen LogP contribution is 2.31. The fourth-order valence-corrected chi connectivity index (χ4v) is 2.44. The molecule has 0 unspecified atom stereocenters. The number of nitrogens with one attached hydrogen (secondary N) is 1. The van der Waals surface area contributed by atoms with Crippen LogP contribution in [0.2, 0.25) is 5.02 Å². The van der Waals surface area contributed by atoms with E-state index in [1.807, 2.05) is 24.3 Å². The SMILES string of the molecule is Clc1ccc2[nH]c3nccc(Br)c3c2c1. The molecular weight excluding hydrogens is 275 g/mol. The quantitative estimate of drug-likeness (QED) is 0.659. The van der Waals surface area contributed by atoms with Crippen molar-refractivity contribution in [3.8, 4) is 0 Å². The zero-order chi connectivity index (χ0) is 10.4. The van der Waals surface area contributed by atoms with Crippen LogP contribution in [0.4, 0.5) is 0 Å². The van der Waals surface area contributed by atoms with E-state index in [1.165, 1.54) is 0 Å². The van der Waals surface area contributed by atoms with Gasteiger partial charge in [-0.05, 0) is 40.2 Å². The van der Waals surface area contributed by atoms with Crippen molar-refractivity contribution in [1.82, 2.24) is 9.97 Å². The van der Waals surface area contributed by atoms with Crippen LogP contribution in [0.5, 0.6) is 0 Å². The van der Waals surface area contributed by atoms with Gasteiger partial charge in [-0.15, -0.1) is 0 Å². The number of aromatic amines is 1. The predicted octanol–water partition coefficient (Wildman–Crippen LogP) is 4.13. The summed E-state index contributed by atoms with van der Waals surface area (Å²) < 4.78 is 1.03. The summed E-state index contributed by atoms with van der Waals surface area (Å²) in [5.41, 5.74) is 1.93. The Hall–Kier alpha value is -1.06. The van der Waals surface area contributed by atoms with Gasteiger partial charge in [-0.25, -0.2) is 4.98 Å². The number of rotatable bonds is 0. The largest absolute Gasteiger partial charge is 0.339 e. The third kappa shape index (κ3) is 1.34. The van der Waals surface area contributed by atoms with Gasteiger partial charge in [0.1, 0.15) is 5.65 Å². The van der Waals surface area contributed by atoms with Crippen molar-refractivity contribution in [2.75, 3.05) is 0 Å². The van der Waals surface area contributed by atoms with Gasteiger partial charge in [0.15, 0.2) is 0 Å². The molecule has 0 saturated carbocycles. The number of pyridine rings is 1. The molecule has 3 aromatic rings. The van der Waals surface area contributed by atoms with Crippen molar-refractivity contribution < 1.29 is 0 Å². The number of halogens is 2. The van der Waals surface area contributed by atoms with Gasteiger partial charge in [-0.2, -0.15) is 0 Å². The van der Waals surface area contributed by atoms with Crippen molar-refractivity contribution in [2.24, 2.45) is 0 Å². The van der Waals surface area contributed by atoms with Crippen LogP contribution in [-0.4, -0.2) is 9.97 Å². The Morgan fingerprint density at radius 3 is 3.00 bits per heavy atom. The molecule has 1 aromatic carbocycles. The number of benzene rings is 1. The second-order valence-electron chi connectivity index (χ2n) is 3.33. The van der Waals surface area contributed by atoms with Crippen molar-refractivity contribution in [3.05, 3.63) is 40.0 Å². The van der Waals surface area contributed by atoms with Gasteiger partial charge in [0.05, 0.1) is 0 Å². The minimum Gasteiger partial charge on any atom is -0.339 e. The number of hydrogen-bond acceptors (Lipinski definition) is 1. The molecule has 0 atom stereocenters. The van der Waals surface area contributed by atoms with Crippen LogP contribution in [0, 0.1) is 0 Å². The topological polar surface area (TPSA) is 28.7 Å². The van der Waals surface area contributed by atoms with Gasteiger partial charge in [0, 0.05) is 32.0 Å². The Kier molecular flexibility index (Phi) is 1.97. The van der Waals surface area contributed by atoms with Crippen LogP contribution in [0.25, 0.3) is 21.9 Å². The first-order valence-electron chi connectivity index (χ1n) is 4.47. The lowest BCUT2D eigenvalue weighted by atomic mass is 10.2. The molecule has 15 heavy (non-hydrogen) atoms. The van der Waals surface area contributed by atoms with Gasteiger partial charge in [-0.3, -0.25) is 0 Å². The summed E-state index contributed by atoms with van der Waals surface area (Å²) >= 11 is 9.50. The maximum Gasteiger partial charge on any atom is 0.139 e. The number of aromatic nitrogens is 2. The van der Waals surface area contributed by atoms with Crippen LogP contribution >= 0.6 is 27.5 Å². The maximum absolute atomic E-state index is 5.98. The fourth-order valence-electron chi connectivity index (χ4n) is 1.75. The second kappa shape index (κ2) is 3.22. The highest BCUT2D eigenvalue weighted by atomic mass is 79.9. The predicted molar refractivity (Wildman–Crippen MR) is 66.3 cm³/mol. The number of fused-ring (bicyclic) bond motifs is 3. The van der Waals surface area contributed by atoms with Crippen LogP contribution in [0.3, 0.4) is 0 Å². The zero-order valence-electron chi connectivity index (χ0n) is 7.59. The summed E-state index contributed by atoms with van der Waals surface area (Å²) in [6.45, 7) is 0. The van der Waals surface area contributed by atoms with Gasteiger partial charge in [0.2, 0.25) is 0 Å². The molecule has 0 radical (unpaired) electrons. The lowest BCUT2D eigenvalue weighted by Crippen LogP contribution is -1.74. The monoisotopic (exact) mass is 280 g/mol. The minimum atomic E-state index is 0.735. The molecule has 3 rings (SSSR count). The van der Waals surface area contributed by atoms with Crippen LogP contribution in [0.15, 0.2) is 34.9 Å². The van der Waals surface area contributed by atoms with Gasteiger partial charge < -0.3 is 4.98 Å². The van der Waals surface area contributed by atoms with Crippen LogP contribution in [0.1, 0.15) is 0 Å². The fraction of sp³-hybridized carbons (Fsp3) is 0. The summed E-state index contributed by atoms with van der Waals surface area (Å²) in [6.07, 6.45) is 1.77. The van der Waals surface area contributed by atoms with E-state index in [2.05, 4.69) is 25.9 Å². The first kappa shape index (κ1) is 9.19. The number of H-pyrrole nitrogens is 1. The van der Waals surface area contributed by atoms with E-state index < -0.39 is 0 Å². The molecule has 0 bridgehead atoms. The molecule has 2 heterocycles. The highest BCUT2D eigenvalue weighted by molar-refractivity contribution is 9.10. The van der Waals surface area contributed by atoms with Crippen molar-refractivity contribution in [3.63, 3.8) is 0 Å². The maximum atomic E-state index is 5.98. The molecule has 0 amide bonds. The Bertz CT molecular complexity index is 660. The Morgan fingerprint density at radius 2 is 2.13 bits per heavy atom. The van der Waals surface area contributed by atoms with E-state index in [4.69, 9.17) is 11.6 Å². The summed E-state index contributed by atoms with van der Waals surface area (Å²) in [6, 6.07) is 7.71. The zero-order valence-corrected chi connectivity index (χ0v) is 9.93. The van der Waals surface area contributed by atoms with Crippen molar-refractivity contribution >= 4 is 49.5 Å². The molecule has 1 N–H and O–H groups in total. The van der Waals surface area contributed by atoms with Gasteiger partial charge in [-0.1, -0.05) is 11.6 Å². The molecular formula is C11H6BrClN2. The molecule has 0 fully saturated rings. The first-order chi connectivity index (χ1) is 7.25. The third-order valence-corrected chi connectivity index (χ3v) is 3.30. The summed E-state index contributed by atoms with van der Waals surface area (Å²) in [5, 5.41) is 2.91. The Balaban J connectivity index is 2.61. The van der Waals surface area contributed by atoms with E-state index in [0.29, 0.717) is 0 Å². The molecule has 2 aromatic heterocycles. The highest BCUT2D eigenvalue weighted by Gasteiger charge is 2.07. The van der Waals surface area contributed by atoms with Gasteiger partial charge in [0.25, 0.3) is 0 Å². The molecule has 0 saturated heterocycles. The lowest BCUT2D eigenvalue weighted by molar-refractivity contribution is 1.34. The van der Waals surface area contributed by atoms with E-state index >= 15 is 0 Å². The Morgan fingerprint density at radius 1 is 1.27 bits per heavy atom. The molecule has 0 spiro atoms. The smallest absolute Gasteiger partial charge is 0.139 e. The molecule has 0 aliphatic carbocycles. The van der Waals surface area contributed by atoms with E-state index in [9.17, 15) is 0 Å². The third-order valence-electron chi connectivity index (χ3n) is 2.40. The van der Waals surface area contributed by atoms with Crippen LogP contribution in [-0.2, 0) is 0 Å². The number of nitrogens with zero attached hydrogens (tertiary/aromatic N) is 1. The number of hydrogen-bond donors (Lipinski definition) is 1. The molecule has 4 heteroatoms. The summed E-state index contributed by atoms with van der Waals surface area (Å²) in [5.74, 6) is 0. The van der Waals surface area contributed by atoms with Crippen LogP contribution < -0.4 is 0 Å². The standard InChI is InChI=1S/C11H6BrClN2/c12-8-3-4-14-11-10(8)7-5-6(13)1-2-9(7)15-11/h1-5H,(H,14,15). The van der Waals surface area contributed by atoms with Crippen molar-refractivity contribution in [2.45, 2.75) is 0 Å². The molecule has 0 aliphatic rings. The Labute approximate surface area is 99.4 Å². The minimum absolute atomic E-state index is 0.735. The van der Waals surface area contributed by atoms with Gasteiger partial charge >= 0.3 is 0 Å². The van der Waals surface area contributed by atoms with E-state index in [-0.39, 0.29) is 0 Å². The van der Waals surface area contributed by atoms with E-state index in [0.717, 1.165) is 31.4 Å². The first-order valence-corrected chi connectivity index (χ1v) is 5.64. The second-order valence-corrected chi connectivity index (χ2v) is 4.62. The lowest BCUT2D eigenvalue weighted by Gasteiger charge is -1.94. The molecule has 2 nitrogen and oxygen atoms in total. The van der Waals surface area contributed by atoms with E-state index in [1.54, 1.807) is 6.20 Å². The summed E-state index contributed by atoms with van der Waals surface area (Å²) in [4.78, 5) is 7.53. The molecule has 0 aliphatic heterocycles. The normalized spacial score (nSPS) is 11.3. The molecule has 74 valence electrons.